The van der Waals surface area contributed by atoms with Crippen LogP contribution in [0.25, 0.3) is 10.9 Å². The summed E-state index contributed by atoms with van der Waals surface area (Å²) in [5.74, 6) is 0.790. The number of hydrogen-bond acceptors (Lipinski definition) is 4. The molecule has 2 heterocycles. The van der Waals surface area contributed by atoms with Gasteiger partial charge in [0.2, 0.25) is 0 Å². The normalized spacial score (nSPS) is 21.6. The van der Waals surface area contributed by atoms with Crippen molar-refractivity contribution in [2.75, 3.05) is 46.6 Å². The Hall–Kier alpha value is -1.51. The molecule has 0 amide bonds. The lowest BCUT2D eigenvalue weighted by Crippen LogP contribution is -2.45. The van der Waals surface area contributed by atoms with Gasteiger partial charge in [-0.2, -0.15) is 0 Å². The van der Waals surface area contributed by atoms with Crippen molar-refractivity contribution in [1.29, 1.82) is 0 Å². The monoisotopic (exact) mass is 517 g/mol. The number of likely N-dealkylation sites (N-methyl/N-ethyl adjacent to an activating group) is 1. The highest BCUT2D eigenvalue weighted by Crippen LogP contribution is 2.58. The van der Waals surface area contributed by atoms with Gasteiger partial charge >= 0.3 is 0 Å². The summed E-state index contributed by atoms with van der Waals surface area (Å²) in [6, 6.07) is 10.9. The first-order chi connectivity index (χ1) is 15.1. The van der Waals surface area contributed by atoms with Crippen LogP contribution in [-0.4, -0.2) is 65.3 Å². The van der Waals surface area contributed by atoms with Gasteiger partial charge in [0.05, 0.1) is 12.0 Å². The minimum atomic E-state index is -2.14. The molecule has 172 valence electrons. The van der Waals surface area contributed by atoms with Crippen molar-refractivity contribution >= 4 is 37.3 Å². The fraction of sp³-hybridized carbons (Fsp3) is 0.440. The average Bonchev–Trinajstić information content (AvgIpc) is 3.12. The Kier molecular flexibility index (Phi) is 5.42. The number of piperazine rings is 1. The predicted molar refractivity (Wildman–Crippen MR) is 137 cm³/mol. The van der Waals surface area contributed by atoms with Crippen LogP contribution in [0.1, 0.15) is 36.2 Å². The van der Waals surface area contributed by atoms with E-state index in [4.69, 9.17) is 4.74 Å². The fourth-order valence-electron chi connectivity index (χ4n) is 5.34. The topological polar surface area (TPSA) is 51.7 Å². The molecule has 0 bridgehead atoms. The summed E-state index contributed by atoms with van der Waals surface area (Å²) < 4.78 is 21.0. The first-order valence-corrected chi connectivity index (χ1v) is 13.8. The zero-order chi connectivity index (χ0) is 22.8. The average molecular weight is 519 g/mol. The van der Waals surface area contributed by atoms with Crippen LogP contribution in [0.15, 0.2) is 39.7 Å². The van der Waals surface area contributed by atoms with Crippen LogP contribution in [0.3, 0.4) is 0 Å². The molecule has 1 unspecified atom stereocenters. The number of ether oxygens (including phenoxy) is 1. The minimum absolute atomic E-state index is 0.185. The van der Waals surface area contributed by atoms with Gasteiger partial charge in [0.1, 0.15) is 5.75 Å². The Balaban J connectivity index is 1.63. The number of fused-ring (bicyclic) bond motifs is 4. The third-order valence-corrected chi connectivity index (χ3v) is 10.3. The standard InChI is InChI=1S/C25H32BrN3O2S/c1-25(2)20-15-22(31-4)23(32(5,30)29-10-8-28(3)9-11-29)13-16(20)12-19-18-7-6-17(26)14-21(18)27-24(19)25/h6-7,13-15,27,30H,8-12H2,1-5H3. The second-order valence-corrected chi connectivity index (χ2v) is 13.2. The molecular formula is C25H32BrN3O2S. The number of methoxy groups -OCH3 is 1. The lowest BCUT2D eigenvalue weighted by atomic mass is 9.72. The number of rotatable bonds is 3. The van der Waals surface area contributed by atoms with Crippen LogP contribution >= 0.6 is 26.4 Å². The van der Waals surface area contributed by atoms with Crippen LogP contribution in [0, 0.1) is 0 Å². The van der Waals surface area contributed by atoms with Gasteiger partial charge in [-0.15, -0.1) is 0 Å². The third kappa shape index (κ3) is 3.41. The lowest BCUT2D eigenvalue weighted by molar-refractivity contribution is 0.221. The molecular weight excluding hydrogens is 486 g/mol. The van der Waals surface area contributed by atoms with Crippen molar-refractivity contribution in [3.05, 3.63) is 57.2 Å². The second-order valence-electron chi connectivity index (χ2n) is 9.70. The molecule has 0 saturated carbocycles. The molecule has 1 aliphatic heterocycles. The van der Waals surface area contributed by atoms with Gasteiger partial charge in [0, 0.05) is 65.3 Å². The SMILES string of the molecule is COc1cc2c(cc1S(C)(O)N1CCN(C)CC1)Cc1c([nH]c3cc(Br)ccc13)C2(C)C. The molecule has 5 rings (SSSR count). The van der Waals surface area contributed by atoms with Crippen LogP contribution in [0.2, 0.25) is 0 Å². The van der Waals surface area contributed by atoms with Crippen molar-refractivity contribution in [1.82, 2.24) is 14.2 Å². The van der Waals surface area contributed by atoms with Crippen molar-refractivity contribution in [2.24, 2.45) is 0 Å². The third-order valence-electron chi connectivity index (χ3n) is 7.30. The molecule has 32 heavy (non-hydrogen) atoms. The van der Waals surface area contributed by atoms with E-state index >= 15 is 0 Å². The second kappa shape index (κ2) is 7.77. The number of halogens is 1. The van der Waals surface area contributed by atoms with E-state index in [1.165, 1.54) is 27.8 Å². The Morgan fingerprint density at radius 3 is 2.53 bits per heavy atom. The van der Waals surface area contributed by atoms with Crippen molar-refractivity contribution in [3.63, 3.8) is 0 Å². The molecule has 2 N–H and O–H groups in total. The van der Waals surface area contributed by atoms with Gasteiger partial charge in [0.15, 0.2) is 0 Å². The van der Waals surface area contributed by atoms with E-state index in [1.54, 1.807) is 7.11 Å². The summed E-state index contributed by atoms with van der Waals surface area (Å²) >= 11 is 3.61. The maximum Gasteiger partial charge on any atom is 0.134 e. The molecule has 3 aromatic rings. The molecule has 1 atom stereocenters. The molecule has 1 saturated heterocycles. The first kappa shape index (κ1) is 22.3. The van der Waals surface area contributed by atoms with E-state index in [0.717, 1.165) is 53.2 Å². The zero-order valence-electron chi connectivity index (χ0n) is 19.5. The van der Waals surface area contributed by atoms with Crippen molar-refractivity contribution < 1.29 is 9.29 Å². The number of nitrogens with zero attached hydrogens (tertiary/aromatic N) is 2. The highest BCUT2D eigenvalue weighted by atomic mass is 79.9. The number of benzene rings is 2. The molecule has 1 aliphatic carbocycles. The Morgan fingerprint density at radius 2 is 1.84 bits per heavy atom. The van der Waals surface area contributed by atoms with Crippen LogP contribution in [-0.2, 0) is 11.8 Å². The van der Waals surface area contributed by atoms with Gasteiger partial charge < -0.3 is 19.2 Å². The van der Waals surface area contributed by atoms with Gasteiger partial charge in [-0.1, -0.05) is 46.3 Å². The molecule has 2 aliphatic rings. The van der Waals surface area contributed by atoms with E-state index in [2.05, 4.69) is 81.3 Å². The summed E-state index contributed by atoms with van der Waals surface area (Å²) in [7, 11) is 1.71. The maximum absolute atomic E-state index is 11.8. The highest BCUT2D eigenvalue weighted by molar-refractivity contribution is 9.10. The smallest absolute Gasteiger partial charge is 0.134 e. The molecule has 5 nitrogen and oxygen atoms in total. The number of H-pyrrole nitrogens is 1. The zero-order valence-corrected chi connectivity index (χ0v) is 21.9. The number of hydrogen-bond donors (Lipinski definition) is 2. The molecule has 1 fully saturated rings. The van der Waals surface area contributed by atoms with Crippen molar-refractivity contribution in [2.45, 2.75) is 30.6 Å². The van der Waals surface area contributed by atoms with Crippen LogP contribution < -0.4 is 4.74 Å². The summed E-state index contributed by atoms with van der Waals surface area (Å²) in [6.45, 7) is 8.23. The highest BCUT2D eigenvalue weighted by Gasteiger charge is 2.38. The van der Waals surface area contributed by atoms with Crippen LogP contribution in [0.5, 0.6) is 5.75 Å². The Labute approximate surface area is 200 Å². The van der Waals surface area contributed by atoms with Crippen LogP contribution in [0.4, 0.5) is 0 Å². The lowest BCUT2D eigenvalue weighted by Gasteiger charge is -2.46. The van der Waals surface area contributed by atoms with E-state index < -0.39 is 10.5 Å². The number of aromatic amines is 1. The molecule has 1 aromatic heterocycles. The number of nitrogens with one attached hydrogen (secondary N) is 1. The van der Waals surface area contributed by atoms with E-state index in [-0.39, 0.29) is 5.41 Å². The van der Waals surface area contributed by atoms with Gasteiger partial charge in [-0.25, -0.2) is 4.31 Å². The first-order valence-electron chi connectivity index (χ1n) is 11.1. The largest absolute Gasteiger partial charge is 0.496 e. The van der Waals surface area contributed by atoms with Gasteiger partial charge in [0.25, 0.3) is 0 Å². The quantitative estimate of drug-likeness (QED) is 0.474. The predicted octanol–water partition coefficient (Wildman–Crippen LogP) is 5.60. The Morgan fingerprint density at radius 1 is 1.12 bits per heavy atom. The molecule has 0 radical (unpaired) electrons. The minimum Gasteiger partial charge on any atom is -0.496 e. The summed E-state index contributed by atoms with van der Waals surface area (Å²) in [5.41, 5.74) is 6.15. The summed E-state index contributed by atoms with van der Waals surface area (Å²) in [6.07, 6.45) is 2.84. The maximum atomic E-state index is 11.8. The van der Waals surface area contributed by atoms with Gasteiger partial charge in [-0.05, 0) is 48.0 Å². The van der Waals surface area contributed by atoms with Gasteiger partial charge in [-0.3, -0.25) is 0 Å². The van der Waals surface area contributed by atoms with E-state index in [9.17, 15) is 4.55 Å². The summed E-state index contributed by atoms with van der Waals surface area (Å²) in [4.78, 5) is 6.95. The fourth-order valence-corrected chi connectivity index (χ4v) is 7.75. The summed E-state index contributed by atoms with van der Waals surface area (Å²) in [5, 5.41) is 1.28. The molecule has 7 heteroatoms. The molecule has 2 aromatic carbocycles. The van der Waals surface area contributed by atoms with Crippen molar-refractivity contribution in [3.8, 4) is 5.75 Å². The van der Waals surface area contributed by atoms with E-state index in [1.807, 2.05) is 6.26 Å². The molecule has 0 spiro atoms. The Bertz CT molecular complexity index is 1200. The number of aromatic nitrogens is 1. The van der Waals surface area contributed by atoms with E-state index in [0.29, 0.717) is 0 Å².